The predicted molar refractivity (Wildman–Crippen MR) is 199 cm³/mol. The van der Waals surface area contributed by atoms with Gasteiger partial charge in [-0.15, -0.1) is 0 Å². The SMILES string of the molecule is c1ccc(-c2ccc3c(c2)c2ccccc2n3-c2ccc(-c3ccccn3)cc2-c2nc(-c3ccccc3)nc(-c3ccccc3)n2)cc1. The van der Waals surface area contributed by atoms with Crippen molar-refractivity contribution >= 4 is 21.8 Å². The minimum Gasteiger partial charge on any atom is -0.309 e. The van der Waals surface area contributed by atoms with E-state index in [1.807, 2.05) is 85.1 Å². The van der Waals surface area contributed by atoms with Crippen LogP contribution >= 0.6 is 0 Å². The Morgan fingerprint density at radius 2 is 0.939 bits per heavy atom. The molecule has 0 radical (unpaired) electrons. The molecule has 0 spiro atoms. The Labute approximate surface area is 283 Å². The standard InChI is InChI=1S/C44H29N5/c1-4-14-30(15-5-1)33-23-25-40-36(28-33)35-20-10-11-22-39(35)49(40)41-26-24-34(38-21-12-13-27-45-38)29-37(41)44-47-42(31-16-6-2-7-17-31)46-43(48-44)32-18-8-3-9-19-32/h1-29H. The number of nitrogens with zero attached hydrogens (tertiary/aromatic N) is 5. The first kappa shape index (κ1) is 28.5. The highest BCUT2D eigenvalue weighted by Gasteiger charge is 2.20. The summed E-state index contributed by atoms with van der Waals surface area (Å²) in [4.78, 5) is 20.0. The maximum atomic E-state index is 5.16. The molecule has 3 heterocycles. The van der Waals surface area contributed by atoms with Gasteiger partial charge in [-0.25, -0.2) is 15.0 Å². The summed E-state index contributed by atoms with van der Waals surface area (Å²) in [6, 6.07) is 58.5. The van der Waals surface area contributed by atoms with Crippen molar-refractivity contribution in [1.29, 1.82) is 0 Å². The van der Waals surface area contributed by atoms with E-state index in [4.69, 9.17) is 15.0 Å². The van der Waals surface area contributed by atoms with Crippen LogP contribution in [0, 0.1) is 0 Å². The summed E-state index contributed by atoms with van der Waals surface area (Å²) in [5.74, 6) is 1.83. The van der Waals surface area contributed by atoms with Crippen molar-refractivity contribution < 1.29 is 0 Å². The van der Waals surface area contributed by atoms with Crippen molar-refractivity contribution in [2.75, 3.05) is 0 Å². The van der Waals surface area contributed by atoms with E-state index in [1.165, 1.54) is 21.9 Å². The van der Waals surface area contributed by atoms with Crippen LogP contribution in [0.4, 0.5) is 0 Å². The summed E-state index contributed by atoms with van der Waals surface area (Å²) in [6.45, 7) is 0. The van der Waals surface area contributed by atoms with Crippen molar-refractivity contribution in [3.63, 3.8) is 0 Å². The van der Waals surface area contributed by atoms with E-state index in [0.29, 0.717) is 17.5 Å². The summed E-state index contributed by atoms with van der Waals surface area (Å²) in [7, 11) is 0. The van der Waals surface area contributed by atoms with E-state index in [2.05, 4.69) is 101 Å². The third-order valence-electron chi connectivity index (χ3n) is 8.92. The molecule has 0 aliphatic rings. The van der Waals surface area contributed by atoms with Gasteiger partial charge in [-0.05, 0) is 53.6 Å². The fourth-order valence-electron chi connectivity index (χ4n) is 6.57. The molecule has 5 nitrogen and oxygen atoms in total. The zero-order valence-electron chi connectivity index (χ0n) is 26.5. The van der Waals surface area contributed by atoms with Gasteiger partial charge in [0.05, 0.1) is 22.4 Å². The van der Waals surface area contributed by atoms with Crippen molar-refractivity contribution in [3.8, 4) is 62.2 Å². The highest BCUT2D eigenvalue weighted by atomic mass is 15.1. The Morgan fingerprint density at radius 3 is 1.61 bits per heavy atom. The predicted octanol–water partition coefficient (Wildman–Crippen LogP) is 10.7. The van der Waals surface area contributed by atoms with Crippen LogP contribution < -0.4 is 0 Å². The maximum absolute atomic E-state index is 5.16. The summed E-state index contributed by atoms with van der Waals surface area (Å²) in [5, 5.41) is 2.36. The summed E-state index contributed by atoms with van der Waals surface area (Å²) >= 11 is 0. The average Bonchev–Trinajstić information content (AvgIpc) is 3.52. The third kappa shape index (κ3) is 5.24. The molecule has 6 aromatic carbocycles. The van der Waals surface area contributed by atoms with Gasteiger partial charge in [0.2, 0.25) is 0 Å². The number of aromatic nitrogens is 5. The van der Waals surface area contributed by atoms with Crippen molar-refractivity contribution in [2.24, 2.45) is 0 Å². The number of fused-ring (bicyclic) bond motifs is 3. The quantitative estimate of drug-likeness (QED) is 0.184. The number of benzene rings is 6. The number of hydrogen-bond donors (Lipinski definition) is 0. The van der Waals surface area contributed by atoms with Crippen LogP contribution in [0.15, 0.2) is 176 Å². The summed E-state index contributed by atoms with van der Waals surface area (Å²) in [6.07, 6.45) is 1.82. The molecule has 0 saturated carbocycles. The van der Waals surface area contributed by atoms with Gasteiger partial charge in [0, 0.05) is 39.2 Å². The molecule has 0 aliphatic heterocycles. The Bertz CT molecular complexity index is 2520. The Kier molecular flexibility index (Phi) is 7.06. The number of rotatable bonds is 6. The van der Waals surface area contributed by atoms with Gasteiger partial charge in [0.25, 0.3) is 0 Å². The molecule has 0 unspecified atom stereocenters. The molecule has 0 amide bonds. The summed E-state index contributed by atoms with van der Waals surface area (Å²) in [5.41, 5.74) is 10.2. The smallest absolute Gasteiger partial charge is 0.166 e. The fraction of sp³-hybridized carbons (Fsp3) is 0. The lowest BCUT2D eigenvalue weighted by atomic mass is 10.0. The molecule has 230 valence electrons. The van der Waals surface area contributed by atoms with Crippen molar-refractivity contribution in [2.45, 2.75) is 0 Å². The van der Waals surface area contributed by atoms with E-state index >= 15 is 0 Å². The summed E-state index contributed by atoms with van der Waals surface area (Å²) < 4.78 is 2.34. The molecular weight excluding hydrogens is 599 g/mol. The van der Waals surface area contributed by atoms with Gasteiger partial charge in [0.1, 0.15) is 0 Å². The van der Waals surface area contributed by atoms with E-state index < -0.39 is 0 Å². The molecule has 0 saturated heterocycles. The van der Waals surface area contributed by atoms with Crippen molar-refractivity contribution in [3.05, 3.63) is 176 Å². The Hall–Kier alpha value is -6.72. The topological polar surface area (TPSA) is 56.5 Å². The van der Waals surface area contributed by atoms with Gasteiger partial charge >= 0.3 is 0 Å². The van der Waals surface area contributed by atoms with E-state index in [1.54, 1.807) is 0 Å². The minimum absolute atomic E-state index is 0.590. The first-order chi connectivity index (χ1) is 24.3. The maximum Gasteiger partial charge on any atom is 0.166 e. The van der Waals surface area contributed by atoms with Crippen LogP contribution in [0.1, 0.15) is 0 Å². The average molecular weight is 628 g/mol. The van der Waals surface area contributed by atoms with Crippen LogP contribution in [0.2, 0.25) is 0 Å². The van der Waals surface area contributed by atoms with Gasteiger partial charge < -0.3 is 4.57 Å². The molecule has 0 N–H and O–H groups in total. The highest BCUT2D eigenvalue weighted by Crippen LogP contribution is 2.39. The van der Waals surface area contributed by atoms with E-state index in [0.717, 1.165) is 44.7 Å². The fourth-order valence-corrected chi connectivity index (χ4v) is 6.57. The molecule has 3 aromatic heterocycles. The molecule has 0 bridgehead atoms. The Balaban J connectivity index is 1.34. The van der Waals surface area contributed by atoms with Gasteiger partial charge in [-0.2, -0.15) is 0 Å². The highest BCUT2D eigenvalue weighted by molar-refractivity contribution is 6.11. The third-order valence-corrected chi connectivity index (χ3v) is 8.92. The second kappa shape index (κ2) is 12.1. The number of pyridine rings is 1. The van der Waals surface area contributed by atoms with Crippen molar-refractivity contribution in [1.82, 2.24) is 24.5 Å². The molecule has 49 heavy (non-hydrogen) atoms. The molecule has 5 heteroatoms. The molecule has 9 aromatic rings. The molecule has 0 aliphatic carbocycles. The van der Waals surface area contributed by atoms with Crippen LogP contribution in [0.5, 0.6) is 0 Å². The van der Waals surface area contributed by atoms with Gasteiger partial charge in [0.15, 0.2) is 17.5 Å². The van der Waals surface area contributed by atoms with Crippen LogP contribution in [-0.2, 0) is 0 Å². The van der Waals surface area contributed by atoms with Crippen LogP contribution in [-0.4, -0.2) is 24.5 Å². The lowest BCUT2D eigenvalue weighted by molar-refractivity contribution is 1.06. The first-order valence-corrected chi connectivity index (χ1v) is 16.3. The molecule has 0 atom stereocenters. The monoisotopic (exact) mass is 627 g/mol. The number of para-hydroxylation sites is 1. The van der Waals surface area contributed by atoms with E-state index in [-0.39, 0.29) is 0 Å². The number of hydrogen-bond acceptors (Lipinski definition) is 4. The normalized spacial score (nSPS) is 11.3. The second-order valence-electron chi connectivity index (χ2n) is 11.9. The molecule has 9 rings (SSSR count). The second-order valence-corrected chi connectivity index (χ2v) is 11.9. The van der Waals surface area contributed by atoms with Crippen LogP contribution in [0.3, 0.4) is 0 Å². The first-order valence-electron chi connectivity index (χ1n) is 16.3. The minimum atomic E-state index is 0.590. The van der Waals surface area contributed by atoms with Gasteiger partial charge in [-0.3, -0.25) is 4.98 Å². The lowest BCUT2D eigenvalue weighted by Crippen LogP contribution is -2.04. The molecule has 0 fully saturated rings. The zero-order chi connectivity index (χ0) is 32.6. The van der Waals surface area contributed by atoms with Crippen LogP contribution in [0.25, 0.3) is 84.0 Å². The lowest BCUT2D eigenvalue weighted by Gasteiger charge is -2.16. The largest absolute Gasteiger partial charge is 0.309 e. The molecular formula is C44H29N5. The van der Waals surface area contributed by atoms with E-state index in [9.17, 15) is 0 Å². The van der Waals surface area contributed by atoms with Gasteiger partial charge in [-0.1, -0.05) is 127 Å². The zero-order valence-corrected chi connectivity index (χ0v) is 26.5. The Morgan fingerprint density at radius 1 is 0.367 bits per heavy atom.